The van der Waals surface area contributed by atoms with E-state index in [2.05, 4.69) is 15.5 Å². The van der Waals surface area contributed by atoms with Crippen LogP contribution in [0, 0.1) is 12.7 Å². The number of benzene rings is 1. The highest BCUT2D eigenvalue weighted by atomic mass is 19.1. The fourth-order valence-corrected chi connectivity index (χ4v) is 4.57. The number of nitrogens with zero attached hydrogens (tertiary/aromatic N) is 4. The van der Waals surface area contributed by atoms with Crippen molar-refractivity contribution in [3.8, 4) is 0 Å². The van der Waals surface area contributed by atoms with Crippen molar-refractivity contribution in [3.05, 3.63) is 40.8 Å². The van der Waals surface area contributed by atoms with Crippen LogP contribution in [0.2, 0.25) is 0 Å². The van der Waals surface area contributed by atoms with Crippen molar-refractivity contribution in [1.82, 2.24) is 20.4 Å². The van der Waals surface area contributed by atoms with E-state index >= 15 is 0 Å². The minimum atomic E-state index is -1.08. The molecule has 10 nitrogen and oxygen atoms in total. The third kappa shape index (κ3) is 3.24. The maximum atomic E-state index is 15.0. The predicted octanol–water partition coefficient (Wildman–Crippen LogP) is 1.30. The second kappa shape index (κ2) is 7.50. The fraction of sp³-hybridized carbons (Fsp3) is 0.429. The summed E-state index contributed by atoms with van der Waals surface area (Å²) in [7, 11) is 0. The van der Waals surface area contributed by atoms with E-state index in [1.54, 1.807) is 6.92 Å². The van der Waals surface area contributed by atoms with Gasteiger partial charge in [0.15, 0.2) is 5.82 Å². The van der Waals surface area contributed by atoms with Gasteiger partial charge in [-0.05, 0) is 38.3 Å². The highest BCUT2D eigenvalue weighted by Gasteiger charge is 2.45. The Morgan fingerprint density at radius 3 is 2.38 bits per heavy atom. The number of carbonyl (C=O) groups excluding carboxylic acids is 4. The molecule has 1 unspecified atom stereocenters. The van der Waals surface area contributed by atoms with Crippen molar-refractivity contribution >= 4 is 29.3 Å². The molecule has 5 rings (SSSR count). The molecule has 1 aromatic heterocycles. The first kappa shape index (κ1) is 20.3. The van der Waals surface area contributed by atoms with E-state index in [1.165, 1.54) is 6.07 Å². The topological polar surface area (TPSA) is 126 Å². The molecular formula is C21H20FN5O5. The van der Waals surface area contributed by atoms with E-state index < -0.39 is 35.5 Å². The van der Waals surface area contributed by atoms with Crippen LogP contribution in [-0.2, 0) is 9.59 Å². The average Bonchev–Trinajstić information content (AvgIpc) is 3.30. The summed E-state index contributed by atoms with van der Waals surface area (Å²) in [6.45, 7) is 2.78. The van der Waals surface area contributed by atoms with E-state index in [4.69, 9.17) is 4.52 Å². The van der Waals surface area contributed by atoms with Crippen molar-refractivity contribution in [2.75, 3.05) is 18.0 Å². The van der Waals surface area contributed by atoms with Gasteiger partial charge < -0.3 is 9.42 Å². The average molecular weight is 441 g/mol. The van der Waals surface area contributed by atoms with Gasteiger partial charge in [-0.25, -0.2) is 4.39 Å². The van der Waals surface area contributed by atoms with Gasteiger partial charge >= 0.3 is 0 Å². The van der Waals surface area contributed by atoms with Crippen LogP contribution in [0.1, 0.15) is 64.0 Å². The number of aryl methyl sites for hydroxylation is 1. The van der Waals surface area contributed by atoms with Gasteiger partial charge in [-0.1, -0.05) is 5.16 Å². The summed E-state index contributed by atoms with van der Waals surface area (Å²) in [5, 5.41) is 5.96. The Morgan fingerprint density at radius 2 is 1.75 bits per heavy atom. The van der Waals surface area contributed by atoms with Crippen LogP contribution in [0.3, 0.4) is 0 Å². The summed E-state index contributed by atoms with van der Waals surface area (Å²) >= 11 is 0. The fourth-order valence-electron chi connectivity index (χ4n) is 4.57. The highest BCUT2D eigenvalue weighted by Crippen LogP contribution is 2.35. The molecule has 3 aliphatic heterocycles. The number of carbonyl (C=O) groups is 4. The molecule has 0 radical (unpaired) electrons. The summed E-state index contributed by atoms with van der Waals surface area (Å²) < 4.78 is 20.2. The monoisotopic (exact) mass is 441 g/mol. The maximum Gasteiger partial charge on any atom is 0.262 e. The van der Waals surface area contributed by atoms with Crippen molar-refractivity contribution in [2.45, 2.75) is 44.6 Å². The molecule has 0 saturated carbocycles. The molecular weight excluding hydrogens is 421 g/mol. The molecule has 11 heteroatoms. The van der Waals surface area contributed by atoms with Gasteiger partial charge in [-0.3, -0.25) is 29.4 Å². The van der Waals surface area contributed by atoms with Crippen LogP contribution < -0.4 is 10.2 Å². The van der Waals surface area contributed by atoms with E-state index in [-0.39, 0.29) is 35.6 Å². The number of halogens is 1. The van der Waals surface area contributed by atoms with E-state index in [0.717, 1.165) is 11.0 Å². The van der Waals surface area contributed by atoms with Crippen LogP contribution in [-0.4, -0.2) is 57.8 Å². The molecule has 1 N–H and O–H groups in total. The lowest BCUT2D eigenvalue weighted by molar-refractivity contribution is -0.136. The number of amides is 4. The van der Waals surface area contributed by atoms with Gasteiger partial charge in [0.1, 0.15) is 11.9 Å². The summed E-state index contributed by atoms with van der Waals surface area (Å²) in [5.74, 6) is -1.93. The summed E-state index contributed by atoms with van der Waals surface area (Å²) in [5.41, 5.74) is 0.220. The molecule has 0 spiro atoms. The minimum absolute atomic E-state index is 0.0257. The van der Waals surface area contributed by atoms with Crippen LogP contribution in [0.4, 0.5) is 10.1 Å². The first-order chi connectivity index (χ1) is 15.3. The second-order valence-electron chi connectivity index (χ2n) is 8.24. The number of anilines is 1. The lowest BCUT2D eigenvalue weighted by Gasteiger charge is -2.32. The molecule has 0 aliphatic carbocycles. The lowest BCUT2D eigenvalue weighted by Crippen LogP contribution is -2.54. The number of imide groups is 2. The molecule has 2 saturated heterocycles. The van der Waals surface area contributed by atoms with Crippen LogP contribution in [0.5, 0.6) is 0 Å². The van der Waals surface area contributed by atoms with Gasteiger partial charge in [-0.15, -0.1) is 0 Å². The number of nitrogens with one attached hydrogen (secondary N) is 1. The molecule has 1 aromatic carbocycles. The smallest absolute Gasteiger partial charge is 0.262 e. The largest absolute Gasteiger partial charge is 0.369 e. The van der Waals surface area contributed by atoms with Crippen molar-refractivity contribution in [2.24, 2.45) is 0 Å². The molecule has 2 fully saturated rings. The number of piperidine rings is 2. The number of hydrogen-bond donors (Lipinski definition) is 1. The Balaban J connectivity index is 1.37. The summed E-state index contributed by atoms with van der Waals surface area (Å²) in [6.07, 6.45) is 1.42. The molecule has 4 heterocycles. The number of rotatable bonds is 3. The first-order valence-electron chi connectivity index (χ1n) is 10.4. The SMILES string of the molecule is Cc1noc(C2CCN(c3cc4c(cc3F)C(=O)N(C3CCC(=O)NC3=O)C4=O)CC2)n1. The van der Waals surface area contributed by atoms with E-state index in [1.807, 2.05) is 4.90 Å². The third-order valence-corrected chi connectivity index (χ3v) is 6.24. The van der Waals surface area contributed by atoms with Crippen molar-refractivity contribution in [1.29, 1.82) is 0 Å². The van der Waals surface area contributed by atoms with Crippen LogP contribution in [0.15, 0.2) is 16.7 Å². The third-order valence-electron chi connectivity index (χ3n) is 6.24. The summed E-state index contributed by atoms with van der Waals surface area (Å²) in [4.78, 5) is 56.3. The van der Waals surface area contributed by atoms with Crippen molar-refractivity contribution < 1.29 is 28.1 Å². The van der Waals surface area contributed by atoms with Gasteiger partial charge in [0.05, 0.1) is 16.8 Å². The molecule has 3 aliphatic rings. The Kier molecular flexibility index (Phi) is 4.75. The second-order valence-corrected chi connectivity index (χ2v) is 8.24. The standard InChI is InChI=1S/C21H20FN5O5/c1-10-23-19(32-25-10)11-4-6-26(7-5-11)16-9-13-12(8-14(16)22)20(30)27(21(13)31)15-2-3-17(28)24-18(15)29/h8-9,11,15H,2-7H2,1H3,(H,24,28,29). The number of hydrogen-bond acceptors (Lipinski definition) is 8. The number of fused-ring (bicyclic) bond motifs is 1. The van der Waals surface area contributed by atoms with Crippen LogP contribution in [0.25, 0.3) is 0 Å². The summed E-state index contributed by atoms with van der Waals surface area (Å²) in [6, 6.07) is 1.36. The number of aromatic nitrogens is 2. The Morgan fingerprint density at radius 1 is 1.06 bits per heavy atom. The molecule has 1 atom stereocenters. The minimum Gasteiger partial charge on any atom is -0.369 e. The Labute approximate surface area is 181 Å². The molecule has 4 amide bonds. The van der Waals surface area contributed by atoms with Gasteiger partial charge in [0.2, 0.25) is 17.7 Å². The van der Waals surface area contributed by atoms with Crippen LogP contribution >= 0.6 is 0 Å². The van der Waals surface area contributed by atoms with Gasteiger partial charge in [0, 0.05) is 25.4 Å². The zero-order valence-corrected chi connectivity index (χ0v) is 17.3. The van der Waals surface area contributed by atoms with Gasteiger partial charge in [0.25, 0.3) is 11.8 Å². The zero-order chi connectivity index (χ0) is 22.6. The lowest BCUT2D eigenvalue weighted by atomic mass is 9.96. The molecule has 0 bridgehead atoms. The van der Waals surface area contributed by atoms with Gasteiger partial charge in [-0.2, -0.15) is 4.98 Å². The Bertz CT molecular complexity index is 1150. The quantitative estimate of drug-likeness (QED) is 0.707. The predicted molar refractivity (Wildman–Crippen MR) is 106 cm³/mol. The zero-order valence-electron chi connectivity index (χ0n) is 17.3. The van der Waals surface area contributed by atoms with E-state index in [9.17, 15) is 23.6 Å². The van der Waals surface area contributed by atoms with E-state index in [0.29, 0.717) is 37.6 Å². The maximum absolute atomic E-state index is 15.0. The first-order valence-corrected chi connectivity index (χ1v) is 10.4. The highest BCUT2D eigenvalue weighted by molar-refractivity contribution is 6.23. The van der Waals surface area contributed by atoms with Crippen molar-refractivity contribution in [3.63, 3.8) is 0 Å². The normalized spacial score (nSPS) is 21.9. The molecule has 32 heavy (non-hydrogen) atoms. The molecule has 166 valence electrons. The Hall–Kier alpha value is -3.63. The molecule has 2 aromatic rings.